The Labute approximate surface area is 107 Å². The maximum atomic E-state index is 10.9. The summed E-state index contributed by atoms with van der Waals surface area (Å²) >= 11 is 0. The van der Waals surface area contributed by atoms with E-state index < -0.39 is 11.9 Å². The van der Waals surface area contributed by atoms with Gasteiger partial charge >= 0.3 is 11.9 Å². The second-order valence-corrected chi connectivity index (χ2v) is 3.32. The topological polar surface area (TPSA) is 74.6 Å². The first-order valence-electron chi connectivity index (χ1n) is 4.59. The first-order valence-corrected chi connectivity index (χ1v) is 4.59. The summed E-state index contributed by atoms with van der Waals surface area (Å²) in [6.45, 7) is 0. The minimum Gasteiger partial charge on any atom is -0.478 e. The molecule has 0 saturated carbocycles. The predicted molar refractivity (Wildman–Crippen MR) is 57.9 cm³/mol. The summed E-state index contributed by atoms with van der Waals surface area (Å²) in [5.41, 5.74) is 0.223. The predicted octanol–water partition coefficient (Wildman–Crippen LogP) is 2.23. The molecular weight excluding hydrogens is 272 g/mol. The molecule has 0 heterocycles. The second-order valence-electron chi connectivity index (χ2n) is 3.32. The zero-order valence-corrected chi connectivity index (χ0v) is 9.42. The molecule has 0 aliphatic rings. The first-order chi connectivity index (χ1) is 7.61. The quantitative estimate of drug-likeness (QED) is 0.827. The van der Waals surface area contributed by atoms with Crippen LogP contribution in [0.3, 0.4) is 0 Å². The van der Waals surface area contributed by atoms with E-state index in [1.54, 1.807) is 24.3 Å². The van der Waals surface area contributed by atoms with Gasteiger partial charge in [0.25, 0.3) is 0 Å². The fourth-order valence-corrected chi connectivity index (χ4v) is 1.67. The van der Waals surface area contributed by atoms with E-state index in [9.17, 15) is 9.59 Å². The number of aromatic carboxylic acids is 2. The maximum absolute atomic E-state index is 10.9. The van der Waals surface area contributed by atoms with Crippen molar-refractivity contribution in [2.75, 3.05) is 0 Å². The van der Waals surface area contributed by atoms with Crippen LogP contribution in [0.4, 0.5) is 0 Å². The zero-order chi connectivity index (χ0) is 11.7. The van der Waals surface area contributed by atoms with Gasteiger partial charge in [0, 0.05) is 17.1 Å². The van der Waals surface area contributed by atoms with Gasteiger partial charge in [-0.25, -0.2) is 9.59 Å². The number of carboxylic acid groups (broad SMARTS) is 2. The Morgan fingerprint density at radius 1 is 0.765 bits per heavy atom. The van der Waals surface area contributed by atoms with Crippen molar-refractivity contribution in [3.05, 3.63) is 47.5 Å². The average Bonchev–Trinajstić information content (AvgIpc) is 2.27. The SMILES string of the molecule is O=C(O)c1ccc(C(=O)O)c2ccccc12.[Cu]. The van der Waals surface area contributed by atoms with Crippen LogP contribution in [0.5, 0.6) is 0 Å². The number of benzene rings is 2. The molecule has 5 heteroatoms. The minimum atomic E-state index is -1.06. The molecule has 0 saturated heterocycles. The smallest absolute Gasteiger partial charge is 0.336 e. The molecule has 0 bridgehead atoms. The number of rotatable bonds is 2. The van der Waals surface area contributed by atoms with Crippen molar-refractivity contribution >= 4 is 22.7 Å². The molecule has 2 aromatic carbocycles. The zero-order valence-electron chi connectivity index (χ0n) is 8.48. The van der Waals surface area contributed by atoms with Crippen LogP contribution in [0.15, 0.2) is 36.4 Å². The normalized spacial score (nSPS) is 9.65. The Morgan fingerprint density at radius 2 is 1.12 bits per heavy atom. The second kappa shape index (κ2) is 4.99. The van der Waals surface area contributed by atoms with E-state index in [-0.39, 0.29) is 28.2 Å². The van der Waals surface area contributed by atoms with Gasteiger partial charge in [-0.15, -0.1) is 0 Å². The molecule has 0 spiro atoms. The van der Waals surface area contributed by atoms with Crippen LogP contribution in [0, 0.1) is 0 Å². The van der Waals surface area contributed by atoms with Crippen LogP contribution in [0.2, 0.25) is 0 Å². The average molecular weight is 280 g/mol. The summed E-state index contributed by atoms with van der Waals surface area (Å²) in [6, 6.07) is 9.19. The van der Waals surface area contributed by atoms with Crippen LogP contribution < -0.4 is 0 Å². The fourth-order valence-electron chi connectivity index (χ4n) is 1.67. The molecule has 0 amide bonds. The Morgan fingerprint density at radius 3 is 1.41 bits per heavy atom. The van der Waals surface area contributed by atoms with Crippen LogP contribution >= 0.6 is 0 Å². The molecule has 2 rings (SSSR count). The molecule has 17 heavy (non-hydrogen) atoms. The number of hydrogen-bond donors (Lipinski definition) is 2. The Kier molecular flexibility index (Phi) is 3.88. The number of hydrogen-bond acceptors (Lipinski definition) is 2. The largest absolute Gasteiger partial charge is 0.478 e. The van der Waals surface area contributed by atoms with Crippen LogP contribution in [-0.2, 0) is 17.1 Å². The van der Waals surface area contributed by atoms with Crippen molar-refractivity contribution < 1.29 is 36.9 Å². The van der Waals surface area contributed by atoms with E-state index in [1.807, 2.05) is 0 Å². The third-order valence-corrected chi connectivity index (χ3v) is 2.38. The molecule has 4 nitrogen and oxygen atoms in total. The van der Waals surface area contributed by atoms with Crippen LogP contribution in [0.25, 0.3) is 10.8 Å². The number of carboxylic acids is 2. The summed E-state index contributed by atoms with van der Waals surface area (Å²) in [4.78, 5) is 21.9. The van der Waals surface area contributed by atoms with Gasteiger partial charge in [-0.05, 0) is 22.9 Å². The molecule has 91 valence electrons. The van der Waals surface area contributed by atoms with Gasteiger partial charge in [0.1, 0.15) is 0 Å². The van der Waals surface area contributed by atoms with Crippen molar-refractivity contribution in [2.45, 2.75) is 0 Å². The van der Waals surface area contributed by atoms with E-state index in [0.717, 1.165) is 0 Å². The Balaban J connectivity index is 0.00000144. The summed E-state index contributed by atoms with van der Waals surface area (Å²) in [5.74, 6) is -2.12. The summed E-state index contributed by atoms with van der Waals surface area (Å²) < 4.78 is 0. The standard InChI is InChI=1S/C12H8O4.Cu/c13-11(14)9-5-6-10(12(15)16)8-4-2-1-3-7(8)9;/h1-6H,(H,13,14)(H,15,16);. The van der Waals surface area contributed by atoms with E-state index in [4.69, 9.17) is 10.2 Å². The number of fused-ring (bicyclic) bond motifs is 1. The van der Waals surface area contributed by atoms with E-state index >= 15 is 0 Å². The first kappa shape index (κ1) is 13.2. The summed E-state index contributed by atoms with van der Waals surface area (Å²) in [6.07, 6.45) is 0. The fraction of sp³-hybridized carbons (Fsp3) is 0. The maximum Gasteiger partial charge on any atom is 0.336 e. The molecule has 0 aliphatic carbocycles. The molecule has 0 fully saturated rings. The van der Waals surface area contributed by atoms with Gasteiger partial charge in [0.2, 0.25) is 0 Å². The van der Waals surface area contributed by atoms with Crippen molar-refractivity contribution in [3.63, 3.8) is 0 Å². The molecule has 2 aromatic rings. The van der Waals surface area contributed by atoms with Gasteiger partial charge in [-0.3, -0.25) is 0 Å². The summed E-state index contributed by atoms with van der Waals surface area (Å²) in [5, 5.41) is 18.8. The van der Waals surface area contributed by atoms with Crippen molar-refractivity contribution in [1.82, 2.24) is 0 Å². The van der Waals surface area contributed by atoms with Crippen LogP contribution in [-0.4, -0.2) is 22.2 Å². The van der Waals surface area contributed by atoms with Crippen molar-refractivity contribution in [2.24, 2.45) is 0 Å². The molecule has 0 unspecified atom stereocenters. The third-order valence-electron chi connectivity index (χ3n) is 2.38. The van der Waals surface area contributed by atoms with Gasteiger partial charge < -0.3 is 10.2 Å². The van der Waals surface area contributed by atoms with Gasteiger partial charge in [0.15, 0.2) is 0 Å². The minimum absolute atomic E-state index is 0. The molecule has 1 radical (unpaired) electrons. The van der Waals surface area contributed by atoms with E-state index in [1.165, 1.54) is 12.1 Å². The van der Waals surface area contributed by atoms with E-state index in [0.29, 0.717) is 10.8 Å². The molecule has 0 aliphatic heterocycles. The van der Waals surface area contributed by atoms with Crippen molar-refractivity contribution in [3.8, 4) is 0 Å². The van der Waals surface area contributed by atoms with Gasteiger partial charge in [-0.1, -0.05) is 24.3 Å². The third kappa shape index (κ3) is 2.30. The van der Waals surface area contributed by atoms with Crippen LogP contribution in [0.1, 0.15) is 20.7 Å². The van der Waals surface area contributed by atoms with E-state index in [2.05, 4.69) is 0 Å². The molecular formula is C12H8CuO4. The Bertz CT molecular complexity index is 540. The Hall–Kier alpha value is -1.84. The van der Waals surface area contributed by atoms with Gasteiger partial charge in [-0.2, -0.15) is 0 Å². The number of carbonyl (C=O) groups is 2. The monoisotopic (exact) mass is 279 g/mol. The molecule has 0 aromatic heterocycles. The summed E-state index contributed by atoms with van der Waals surface area (Å²) in [7, 11) is 0. The molecule has 2 N–H and O–H groups in total. The van der Waals surface area contributed by atoms with Gasteiger partial charge in [0.05, 0.1) is 11.1 Å². The molecule has 0 atom stereocenters. The van der Waals surface area contributed by atoms with Crippen molar-refractivity contribution in [1.29, 1.82) is 0 Å².